The minimum atomic E-state index is 0.103. The Bertz CT molecular complexity index is 126. The van der Waals surface area contributed by atoms with Gasteiger partial charge >= 0.3 is 0 Å². The van der Waals surface area contributed by atoms with Gasteiger partial charge in [-0.25, -0.2) is 0 Å². The molecule has 1 unspecified atom stereocenters. The van der Waals surface area contributed by atoms with Crippen molar-refractivity contribution >= 4 is 11.8 Å². The van der Waals surface area contributed by atoms with E-state index in [2.05, 4.69) is 5.32 Å². The third-order valence-corrected chi connectivity index (χ3v) is 3.66. The molecule has 3 nitrogen and oxygen atoms in total. The first-order chi connectivity index (χ1) is 5.83. The molecular formula is C8H18N2OS. The molecule has 1 aliphatic rings. The van der Waals surface area contributed by atoms with Crippen molar-refractivity contribution in [2.75, 3.05) is 31.2 Å². The van der Waals surface area contributed by atoms with Crippen molar-refractivity contribution in [3.63, 3.8) is 0 Å². The van der Waals surface area contributed by atoms with E-state index in [-0.39, 0.29) is 12.1 Å². The fourth-order valence-electron chi connectivity index (χ4n) is 1.55. The van der Waals surface area contributed by atoms with E-state index < -0.39 is 0 Å². The van der Waals surface area contributed by atoms with Crippen LogP contribution in [0.15, 0.2) is 0 Å². The Morgan fingerprint density at radius 3 is 2.92 bits per heavy atom. The predicted octanol–water partition coefficient (Wildman–Crippen LogP) is -0.207. The van der Waals surface area contributed by atoms with Gasteiger partial charge in [0.05, 0.1) is 6.61 Å². The standard InChI is InChI=1S/C8H18N2OS/c9-6-8(10-3-4-11)2-1-5-12-7-8/h10-11H,1-7,9H2. The van der Waals surface area contributed by atoms with Crippen molar-refractivity contribution in [1.29, 1.82) is 0 Å². The maximum atomic E-state index is 8.70. The molecule has 1 saturated heterocycles. The monoisotopic (exact) mass is 190 g/mol. The fraction of sp³-hybridized carbons (Fsp3) is 1.00. The number of thioether (sulfide) groups is 1. The number of nitrogens with one attached hydrogen (secondary N) is 1. The topological polar surface area (TPSA) is 58.3 Å². The summed E-state index contributed by atoms with van der Waals surface area (Å²) in [5.41, 5.74) is 5.82. The highest BCUT2D eigenvalue weighted by Gasteiger charge is 2.29. The Labute approximate surface area is 78.1 Å². The molecule has 0 saturated carbocycles. The molecule has 0 amide bonds. The van der Waals surface area contributed by atoms with Crippen molar-refractivity contribution in [2.24, 2.45) is 5.73 Å². The summed E-state index contributed by atoms with van der Waals surface area (Å²) >= 11 is 1.95. The van der Waals surface area contributed by atoms with Gasteiger partial charge in [-0.2, -0.15) is 11.8 Å². The number of hydrogen-bond acceptors (Lipinski definition) is 4. The van der Waals surface area contributed by atoms with Gasteiger partial charge in [0.2, 0.25) is 0 Å². The van der Waals surface area contributed by atoms with E-state index in [0.717, 1.165) is 12.2 Å². The summed E-state index contributed by atoms with van der Waals surface area (Å²) in [6.45, 7) is 1.55. The summed E-state index contributed by atoms with van der Waals surface area (Å²) in [4.78, 5) is 0. The van der Waals surface area contributed by atoms with Crippen LogP contribution in [-0.4, -0.2) is 41.8 Å². The Morgan fingerprint density at radius 1 is 1.58 bits per heavy atom. The lowest BCUT2D eigenvalue weighted by Gasteiger charge is -2.36. The molecule has 1 fully saturated rings. The van der Waals surface area contributed by atoms with Crippen LogP contribution in [0.2, 0.25) is 0 Å². The first-order valence-electron chi connectivity index (χ1n) is 4.47. The van der Waals surface area contributed by atoms with Gasteiger partial charge in [0.25, 0.3) is 0 Å². The average molecular weight is 190 g/mol. The first-order valence-corrected chi connectivity index (χ1v) is 5.62. The van der Waals surface area contributed by atoms with Crippen molar-refractivity contribution in [3.05, 3.63) is 0 Å². The SMILES string of the molecule is NCC1(NCCO)CCCSC1. The maximum Gasteiger partial charge on any atom is 0.0556 e. The van der Waals surface area contributed by atoms with Crippen LogP contribution in [0.3, 0.4) is 0 Å². The van der Waals surface area contributed by atoms with Crippen LogP contribution in [0.4, 0.5) is 0 Å². The zero-order valence-corrected chi connectivity index (χ0v) is 8.20. The summed E-state index contributed by atoms with van der Waals surface area (Å²) < 4.78 is 0. The highest BCUT2D eigenvalue weighted by Crippen LogP contribution is 2.25. The lowest BCUT2D eigenvalue weighted by molar-refractivity contribution is 0.254. The van der Waals surface area contributed by atoms with Crippen LogP contribution in [0, 0.1) is 0 Å². The Kier molecular flexibility index (Phi) is 4.35. The molecule has 4 N–H and O–H groups in total. The summed E-state index contributed by atoms with van der Waals surface area (Å²) in [6.07, 6.45) is 2.39. The van der Waals surface area contributed by atoms with Gasteiger partial charge in [0, 0.05) is 24.4 Å². The van der Waals surface area contributed by atoms with E-state index in [1.54, 1.807) is 0 Å². The van der Waals surface area contributed by atoms with E-state index in [0.29, 0.717) is 13.1 Å². The van der Waals surface area contributed by atoms with E-state index in [1.807, 2.05) is 11.8 Å². The normalized spacial score (nSPS) is 30.5. The second-order valence-electron chi connectivity index (χ2n) is 3.29. The van der Waals surface area contributed by atoms with Crippen LogP contribution in [0.25, 0.3) is 0 Å². The minimum absolute atomic E-state index is 0.103. The number of aliphatic hydroxyl groups excluding tert-OH is 1. The highest BCUT2D eigenvalue weighted by molar-refractivity contribution is 7.99. The number of hydrogen-bond donors (Lipinski definition) is 3. The summed E-state index contributed by atoms with van der Waals surface area (Å²) in [6, 6.07) is 0. The van der Waals surface area contributed by atoms with Gasteiger partial charge in [0.1, 0.15) is 0 Å². The largest absolute Gasteiger partial charge is 0.395 e. The van der Waals surface area contributed by atoms with Crippen LogP contribution in [-0.2, 0) is 0 Å². The minimum Gasteiger partial charge on any atom is -0.395 e. The van der Waals surface area contributed by atoms with Crippen molar-refractivity contribution < 1.29 is 5.11 Å². The molecule has 4 heteroatoms. The fourth-order valence-corrected chi connectivity index (χ4v) is 2.79. The zero-order valence-electron chi connectivity index (χ0n) is 7.38. The van der Waals surface area contributed by atoms with Crippen LogP contribution in [0.5, 0.6) is 0 Å². The molecule has 0 spiro atoms. The van der Waals surface area contributed by atoms with E-state index in [4.69, 9.17) is 10.8 Å². The number of aliphatic hydroxyl groups is 1. The first kappa shape index (κ1) is 10.3. The lowest BCUT2D eigenvalue weighted by atomic mass is 9.95. The average Bonchev–Trinajstić information content (AvgIpc) is 2.16. The molecule has 0 radical (unpaired) electrons. The Hall–Kier alpha value is 0.230. The molecule has 0 aliphatic carbocycles. The van der Waals surface area contributed by atoms with Crippen molar-refractivity contribution in [2.45, 2.75) is 18.4 Å². The van der Waals surface area contributed by atoms with E-state index in [1.165, 1.54) is 12.2 Å². The molecule has 1 atom stereocenters. The molecule has 1 aliphatic heterocycles. The van der Waals surface area contributed by atoms with Crippen LogP contribution < -0.4 is 11.1 Å². The molecule has 1 rings (SSSR count). The second kappa shape index (κ2) is 5.07. The summed E-state index contributed by atoms with van der Waals surface area (Å²) in [5, 5.41) is 12.0. The molecule has 72 valence electrons. The van der Waals surface area contributed by atoms with E-state index in [9.17, 15) is 0 Å². The number of β-amino-alcohol motifs (C(OH)–C–C–N with tert-alkyl or cyclic N) is 1. The Balaban J connectivity index is 2.37. The number of rotatable bonds is 4. The third-order valence-electron chi connectivity index (χ3n) is 2.32. The van der Waals surface area contributed by atoms with Gasteiger partial charge in [-0.15, -0.1) is 0 Å². The zero-order chi connectivity index (χ0) is 8.86. The van der Waals surface area contributed by atoms with Crippen LogP contribution in [0.1, 0.15) is 12.8 Å². The van der Waals surface area contributed by atoms with Crippen molar-refractivity contribution in [1.82, 2.24) is 5.32 Å². The highest BCUT2D eigenvalue weighted by atomic mass is 32.2. The molecule has 0 aromatic rings. The number of nitrogens with two attached hydrogens (primary N) is 1. The Morgan fingerprint density at radius 2 is 2.42 bits per heavy atom. The predicted molar refractivity (Wildman–Crippen MR) is 53.4 cm³/mol. The van der Waals surface area contributed by atoms with E-state index >= 15 is 0 Å². The van der Waals surface area contributed by atoms with Gasteiger partial charge < -0.3 is 16.2 Å². The molecule has 0 aromatic carbocycles. The second-order valence-corrected chi connectivity index (χ2v) is 4.40. The lowest BCUT2D eigenvalue weighted by Crippen LogP contribution is -2.55. The van der Waals surface area contributed by atoms with Gasteiger partial charge in [-0.3, -0.25) is 0 Å². The smallest absolute Gasteiger partial charge is 0.0556 e. The summed E-state index contributed by atoms with van der Waals surface area (Å²) in [5.74, 6) is 2.34. The summed E-state index contributed by atoms with van der Waals surface area (Å²) in [7, 11) is 0. The maximum absolute atomic E-state index is 8.70. The third kappa shape index (κ3) is 2.62. The molecule has 1 heterocycles. The van der Waals surface area contributed by atoms with Gasteiger partial charge in [0.15, 0.2) is 0 Å². The molecule has 0 bridgehead atoms. The van der Waals surface area contributed by atoms with Gasteiger partial charge in [-0.1, -0.05) is 0 Å². The quantitative estimate of drug-likeness (QED) is 0.574. The molecule has 0 aromatic heterocycles. The van der Waals surface area contributed by atoms with Crippen LogP contribution >= 0.6 is 11.8 Å². The van der Waals surface area contributed by atoms with Crippen molar-refractivity contribution in [3.8, 4) is 0 Å². The van der Waals surface area contributed by atoms with Gasteiger partial charge in [-0.05, 0) is 18.6 Å². The molecular weight excluding hydrogens is 172 g/mol. The molecule has 12 heavy (non-hydrogen) atoms.